The van der Waals surface area contributed by atoms with Gasteiger partial charge >= 0.3 is 0 Å². The molecule has 0 aromatic carbocycles. The normalized spacial score (nSPS) is 20.6. The van der Waals surface area contributed by atoms with Crippen molar-refractivity contribution in [3.63, 3.8) is 0 Å². The molecule has 96 valence electrons. The van der Waals surface area contributed by atoms with E-state index in [1.807, 2.05) is 6.92 Å². The highest BCUT2D eigenvalue weighted by Gasteiger charge is 2.21. The summed E-state index contributed by atoms with van der Waals surface area (Å²) in [5, 5.41) is 11.5. The first-order valence-corrected chi connectivity index (χ1v) is 6.41. The third-order valence-corrected chi connectivity index (χ3v) is 3.25. The quantitative estimate of drug-likeness (QED) is 0.839. The van der Waals surface area contributed by atoms with Gasteiger partial charge in [0.15, 0.2) is 0 Å². The molecule has 0 saturated carbocycles. The molecule has 0 radical (unpaired) electrons. The van der Waals surface area contributed by atoms with Gasteiger partial charge in [-0.15, -0.1) is 10.2 Å². The van der Waals surface area contributed by atoms with Crippen molar-refractivity contribution in [2.24, 2.45) is 0 Å². The van der Waals surface area contributed by atoms with Crippen LogP contribution in [0.2, 0.25) is 0 Å². The maximum atomic E-state index is 5.44. The number of nitrogens with zero attached hydrogens (tertiary/aromatic N) is 3. The molecule has 1 aromatic rings. The summed E-state index contributed by atoms with van der Waals surface area (Å²) >= 11 is 0. The maximum Gasteiger partial charge on any atom is 0.230 e. The molecule has 1 atom stereocenters. The average molecular weight is 238 g/mol. The molecule has 1 unspecified atom stereocenters. The molecule has 1 aliphatic rings. The Balaban J connectivity index is 1.92. The summed E-state index contributed by atoms with van der Waals surface area (Å²) in [4.78, 5) is 2.38. The monoisotopic (exact) mass is 238 g/mol. The lowest BCUT2D eigenvalue weighted by molar-refractivity contribution is 0.176. The molecule has 0 amide bonds. The van der Waals surface area contributed by atoms with Gasteiger partial charge in [0.2, 0.25) is 11.8 Å². The summed E-state index contributed by atoms with van der Waals surface area (Å²) in [6, 6.07) is 1.10. The Morgan fingerprint density at radius 1 is 1.47 bits per heavy atom. The zero-order valence-electron chi connectivity index (χ0n) is 10.9. The first-order chi connectivity index (χ1) is 8.15. The van der Waals surface area contributed by atoms with E-state index in [1.54, 1.807) is 0 Å². The maximum absolute atomic E-state index is 5.44. The Bertz CT molecular complexity index is 344. The number of hydrogen-bond donors (Lipinski definition) is 1. The predicted octanol–water partition coefficient (Wildman–Crippen LogP) is 1.34. The number of nitrogens with one attached hydrogen (secondary N) is 1. The van der Waals surface area contributed by atoms with E-state index < -0.39 is 0 Å². The molecule has 0 aliphatic carbocycles. The summed E-state index contributed by atoms with van der Waals surface area (Å²) in [6.07, 6.45) is 2.56. The molecule has 0 bridgehead atoms. The average Bonchev–Trinajstić information content (AvgIpc) is 2.89. The van der Waals surface area contributed by atoms with Gasteiger partial charge in [0, 0.05) is 25.6 Å². The van der Waals surface area contributed by atoms with E-state index in [0.29, 0.717) is 23.9 Å². The van der Waals surface area contributed by atoms with Crippen LogP contribution in [0.15, 0.2) is 4.42 Å². The Kier molecular flexibility index (Phi) is 4.12. The fourth-order valence-electron chi connectivity index (χ4n) is 2.23. The van der Waals surface area contributed by atoms with Crippen LogP contribution in [0.4, 0.5) is 0 Å². The lowest BCUT2D eigenvalue weighted by Gasteiger charge is -2.27. The lowest BCUT2D eigenvalue weighted by atomic mass is 10.2. The highest BCUT2D eigenvalue weighted by atomic mass is 16.4. The van der Waals surface area contributed by atoms with Crippen molar-refractivity contribution in [2.75, 3.05) is 13.1 Å². The van der Waals surface area contributed by atoms with Crippen molar-refractivity contribution < 1.29 is 4.42 Å². The van der Waals surface area contributed by atoms with Crippen molar-refractivity contribution >= 4 is 0 Å². The van der Waals surface area contributed by atoms with E-state index in [2.05, 4.69) is 34.3 Å². The second-order valence-electron chi connectivity index (χ2n) is 5.03. The fraction of sp³-hybridized carbons (Fsp3) is 0.833. The molecule has 5 heteroatoms. The van der Waals surface area contributed by atoms with Crippen LogP contribution in [0.25, 0.3) is 0 Å². The van der Waals surface area contributed by atoms with Crippen molar-refractivity contribution in [2.45, 2.75) is 52.2 Å². The molecule has 1 N–H and O–H groups in total. The van der Waals surface area contributed by atoms with Crippen molar-refractivity contribution in [3.8, 4) is 0 Å². The second-order valence-corrected chi connectivity index (χ2v) is 5.03. The molecule has 5 nitrogen and oxygen atoms in total. The summed E-state index contributed by atoms with van der Waals surface area (Å²) in [6.45, 7) is 9.19. The largest absolute Gasteiger partial charge is 0.424 e. The van der Waals surface area contributed by atoms with E-state index >= 15 is 0 Å². The molecular weight excluding hydrogens is 216 g/mol. The van der Waals surface area contributed by atoms with Crippen LogP contribution in [-0.2, 0) is 6.54 Å². The number of aromatic nitrogens is 2. The van der Waals surface area contributed by atoms with E-state index in [1.165, 1.54) is 12.8 Å². The minimum atomic E-state index is 0.490. The predicted molar refractivity (Wildman–Crippen MR) is 65.6 cm³/mol. The molecule has 17 heavy (non-hydrogen) atoms. The van der Waals surface area contributed by atoms with Crippen LogP contribution in [0, 0.1) is 6.92 Å². The van der Waals surface area contributed by atoms with Crippen molar-refractivity contribution in [1.82, 2.24) is 20.4 Å². The molecule has 1 saturated heterocycles. The highest BCUT2D eigenvalue weighted by Crippen LogP contribution is 2.12. The van der Waals surface area contributed by atoms with Crippen LogP contribution in [-0.4, -0.2) is 40.3 Å². The van der Waals surface area contributed by atoms with Crippen LogP contribution < -0.4 is 5.32 Å². The molecule has 0 spiro atoms. The third-order valence-electron chi connectivity index (χ3n) is 3.25. The van der Waals surface area contributed by atoms with Crippen molar-refractivity contribution in [3.05, 3.63) is 11.8 Å². The molecular formula is C12H22N4O. The molecule has 2 rings (SSSR count). The van der Waals surface area contributed by atoms with Crippen molar-refractivity contribution in [1.29, 1.82) is 0 Å². The van der Waals surface area contributed by atoms with Crippen LogP contribution >= 0.6 is 0 Å². The van der Waals surface area contributed by atoms with Gasteiger partial charge in [0.1, 0.15) is 0 Å². The summed E-state index contributed by atoms with van der Waals surface area (Å²) in [7, 11) is 0. The van der Waals surface area contributed by atoms with Crippen LogP contribution in [0.5, 0.6) is 0 Å². The minimum Gasteiger partial charge on any atom is -0.424 e. The Hall–Kier alpha value is -0.940. The van der Waals surface area contributed by atoms with Gasteiger partial charge in [0.25, 0.3) is 0 Å². The second kappa shape index (κ2) is 5.60. The van der Waals surface area contributed by atoms with Gasteiger partial charge in [-0.1, -0.05) is 0 Å². The standard InChI is InChI=1S/C12H22N4O/c1-9(2)16(7-11-5-4-6-13-11)8-12-15-14-10(3)17-12/h9,11,13H,4-8H2,1-3H3. The zero-order chi connectivity index (χ0) is 12.3. The van der Waals surface area contributed by atoms with Gasteiger partial charge in [-0.3, -0.25) is 4.90 Å². The number of aryl methyl sites for hydroxylation is 1. The third kappa shape index (κ3) is 3.51. The molecule has 1 aromatic heterocycles. The van der Waals surface area contributed by atoms with Gasteiger partial charge in [-0.05, 0) is 33.2 Å². The summed E-state index contributed by atoms with van der Waals surface area (Å²) < 4.78 is 5.44. The first kappa shape index (κ1) is 12.5. The Labute approximate surface area is 103 Å². The van der Waals surface area contributed by atoms with E-state index in [9.17, 15) is 0 Å². The van der Waals surface area contributed by atoms with Gasteiger partial charge in [-0.25, -0.2) is 0 Å². The summed E-state index contributed by atoms with van der Waals surface area (Å²) in [5.41, 5.74) is 0. The van der Waals surface area contributed by atoms with Crippen LogP contribution in [0.3, 0.4) is 0 Å². The zero-order valence-corrected chi connectivity index (χ0v) is 10.9. The van der Waals surface area contributed by atoms with E-state index in [-0.39, 0.29) is 0 Å². The van der Waals surface area contributed by atoms with Gasteiger partial charge < -0.3 is 9.73 Å². The highest BCUT2D eigenvalue weighted by molar-refractivity contribution is 4.84. The van der Waals surface area contributed by atoms with Crippen LogP contribution in [0.1, 0.15) is 38.5 Å². The lowest BCUT2D eigenvalue weighted by Crippen LogP contribution is -2.40. The van der Waals surface area contributed by atoms with Gasteiger partial charge in [0.05, 0.1) is 6.54 Å². The van der Waals surface area contributed by atoms with E-state index in [0.717, 1.165) is 19.6 Å². The minimum absolute atomic E-state index is 0.490. The Morgan fingerprint density at radius 3 is 2.82 bits per heavy atom. The molecule has 2 heterocycles. The van der Waals surface area contributed by atoms with Gasteiger partial charge in [-0.2, -0.15) is 0 Å². The fourth-order valence-corrected chi connectivity index (χ4v) is 2.23. The Morgan fingerprint density at radius 2 is 2.29 bits per heavy atom. The summed E-state index contributed by atoms with van der Waals surface area (Å²) in [5.74, 6) is 1.36. The molecule has 1 fully saturated rings. The number of hydrogen-bond acceptors (Lipinski definition) is 5. The number of rotatable bonds is 5. The molecule has 1 aliphatic heterocycles. The SMILES string of the molecule is Cc1nnc(CN(CC2CCCN2)C(C)C)o1. The topological polar surface area (TPSA) is 54.2 Å². The smallest absolute Gasteiger partial charge is 0.230 e. The first-order valence-electron chi connectivity index (χ1n) is 6.41. The van der Waals surface area contributed by atoms with E-state index in [4.69, 9.17) is 4.42 Å².